The summed E-state index contributed by atoms with van der Waals surface area (Å²) >= 11 is 2.26. The number of rotatable bonds is 1. The number of hydrogen-bond acceptors (Lipinski definition) is 3. The van der Waals surface area contributed by atoms with E-state index < -0.39 is 0 Å². The standard InChI is InChI=1S/C5H8INO2/c1-5(2-6)3-9-7-4-8-5/h4H,2-3H2,1H3. The third kappa shape index (κ3) is 1.70. The summed E-state index contributed by atoms with van der Waals surface area (Å²) in [4.78, 5) is 4.82. The van der Waals surface area contributed by atoms with Crippen LogP contribution in [0, 0.1) is 0 Å². The van der Waals surface area contributed by atoms with Gasteiger partial charge in [0.2, 0.25) is 6.40 Å². The molecule has 0 aromatic heterocycles. The molecule has 0 fully saturated rings. The largest absolute Gasteiger partial charge is 0.470 e. The molecular formula is C5H8INO2. The summed E-state index contributed by atoms with van der Waals surface area (Å²) < 4.78 is 6.10. The Hall–Kier alpha value is 0. The van der Waals surface area contributed by atoms with Crippen molar-refractivity contribution in [1.82, 2.24) is 0 Å². The van der Waals surface area contributed by atoms with E-state index in [1.165, 1.54) is 6.40 Å². The maximum Gasteiger partial charge on any atom is 0.213 e. The monoisotopic (exact) mass is 241 g/mol. The molecule has 0 amide bonds. The number of halogens is 1. The van der Waals surface area contributed by atoms with E-state index in [2.05, 4.69) is 27.7 Å². The zero-order chi connectivity index (χ0) is 6.74. The summed E-state index contributed by atoms with van der Waals surface area (Å²) in [6.07, 6.45) is 1.35. The topological polar surface area (TPSA) is 30.8 Å². The second-order valence-corrected chi connectivity index (χ2v) is 2.95. The van der Waals surface area contributed by atoms with Crippen LogP contribution in [0.3, 0.4) is 0 Å². The van der Waals surface area contributed by atoms with E-state index in [0.717, 1.165) is 4.43 Å². The van der Waals surface area contributed by atoms with Gasteiger partial charge < -0.3 is 9.57 Å². The van der Waals surface area contributed by atoms with Crippen molar-refractivity contribution < 1.29 is 9.57 Å². The molecule has 0 aromatic rings. The van der Waals surface area contributed by atoms with Crippen molar-refractivity contribution in [3.05, 3.63) is 0 Å². The molecule has 1 aliphatic heterocycles. The van der Waals surface area contributed by atoms with E-state index in [4.69, 9.17) is 9.57 Å². The molecule has 52 valence electrons. The smallest absolute Gasteiger partial charge is 0.213 e. The summed E-state index contributed by atoms with van der Waals surface area (Å²) in [5.41, 5.74) is -0.164. The van der Waals surface area contributed by atoms with Crippen LogP contribution in [0.5, 0.6) is 0 Å². The predicted octanol–water partition coefficient (Wildman–Crippen LogP) is 1.17. The minimum atomic E-state index is -0.164. The Morgan fingerprint density at radius 1 is 1.89 bits per heavy atom. The van der Waals surface area contributed by atoms with Gasteiger partial charge in [0.1, 0.15) is 0 Å². The van der Waals surface area contributed by atoms with Gasteiger partial charge >= 0.3 is 0 Å². The van der Waals surface area contributed by atoms with Gasteiger partial charge in [-0.25, -0.2) is 0 Å². The molecule has 4 heteroatoms. The van der Waals surface area contributed by atoms with Crippen LogP contribution in [0.4, 0.5) is 0 Å². The maximum atomic E-state index is 5.19. The lowest BCUT2D eigenvalue weighted by Crippen LogP contribution is -2.37. The van der Waals surface area contributed by atoms with E-state index in [9.17, 15) is 0 Å². The Morgan fingerprint density at radius 3 is 3.00 bits per heavy atom. The second kappa shape index (κ2) is 2.72. The fraction of sp³-hybridized carbons (Fsp3) is 0.800. The molecule has 1 atom stereocenters. The van der Waals surface area contributed by atoms with Crippen LogP contribution in [0.2, 0.25) is 0 Å². The molecule has 3 nitrogen and oxygen atoms in total. The Bertz CT molecular complexity index is 128. The molecule has 0 spiro atoms. The third-order valence-corrected chi connectivity index (χ3v) is 2.72. The van der Waals surface area contributed by atoms with Crippen molar-refractivity contribution in [3.8, 4) is 0 Å². The van der Waals surface area contributed by atoms with E-state index in [1.807, 2.05) is 6.92 Å². The first-order chi connectivity index (χ1) is 4.27. The molecule has 0 radical (unpaired) electrons. The summed E-state index contributed by atoms with van der Waals surface area (Å²) in [5.74, 6) is 0. The third-order valence-electron chi connectivity index (χ3n) is 1.11. The van der Waals surface area contributed by atoms with Crippen LogP contribution in [0.15, 0.2) is 5.16 Å². The average molecular weight is 241 g/mol. The maximum absolute atomic E-state index is 5.19. The van der Waals surface area contributed by atoms with E-state index in [-0.39, 0.29) is 5.60 Å². The molecule has 1 aliphatic rings. The van der Waals surface area contributed by atoms with E-state index >= 15 is 0 Å². The molecule has 1 rings (SSSR count). The van der Waals surface area contributed by atoms with Gasteiger partial charge in [-0.05, 0) is 6.92 Å². The van der Waals surface area contributed by atoms with Crippen molar-refractivity contribution in [1.29, 1.82) is 0 Å². The first-order valence-corrected chi connectivity index (χ1v) is 4.17. The molecular weight excluding hydrogens is 233 g/mol. The highest BCUT2D eigenvalue weighted by Gasteiger charge is 2.27. The van der Waals surface area contributed by atoms with Gasteiger partial charge in [-0.1, -0.05) is 27.7 Å². The molecule has 1 heterocycles. The van der Waals surface area contributed by atoms with Crippen LogP contribution in [0.25, 0.3) is 0 Å². The van der Waals surface area contributed by atoms with Gasteiger partial charge in [-0.15, -0.1) is 0 Å². The van der Waals surface area contributed by atoms with Crippen molar-refractivity contribution in [3.63, 3.8) is 0 Å². The molecule has 0 aliphatic carbocycles. The SMILES string of the molecule is CC1(CI)CON=CO1. The summed E-state index contributed by atoms with van der Waals surface area (Å²) in [6.45, 7) is 2.54. The highest BCUT2D eigenvalue weighted by molar-refractivity contribution is 14.1. The van der Waals surface area contributed by atoms with Gasteiger partial charge in [-0.3, -0.25) is 0 Å². The highest BCUT2D eigenvalue weighted by Crippen LogP contribution is 2.15. The molecule has 9 heavy (non-hydrogen) atoms. The Labute approximate surface area is 67.5 Å². The molecule has 0 saturated heterocycles. The van der Waals surface area contributed by atoms with Crippen LogP contribution >= 0.6 is 22.6 Å². The Morgan fingerprint density at radius 2 is 2.67 bits per heavy atom. The number of nitrogens with zero attached hydrogens (tertiary/aromatic N) is 1. The lowest BCUT2D eigenvalue weighted by atomic mass is 10.1. The van der Waals surface area contributed by atoms with E-state index in [1.54, 1.807) is 0 Å². The number of hydrogen-bond donors (Lipinski definition) is 0. The first-order valence-electron chi connectivity index (χ1n) is 2.64. The minimum absolute atomic E-state index is 0.164. The van der Waals surface area contributed by atoms with Crippen LogP contribution in [-0.4, -0.2) is 23.0 Å². The average Bonchev–Trinajstić information content (AvgIpc) is 1.90. The molecule has 1 unspecified atom stereocenters. The number of oxime groups is 1. The van der Waals surface area contributed by atoms with Crippen molar-refractivity contribution in [2.45, 2.75) is 12.5 Å². The lowest BCUT2D eigenvalue weighted by molar-refractivity contribution is -0.0315. The fourth-order valence-electron chi connectivity index (χ4n) is 0.457. The summed E-state index contributed by atoms with van der Waals surface area (Å²) in [7, 11) is 0. The van der Waals surface area contributed by atoms with Gasteiger partial charge in [-0.2, -0.15) is 0 Å². The minimum Gasteiger partial charge on any atom is -0.470 e. The number of alkyl halides is 1. The fourth-order valence-corrected chi connectivity index (χ4v) is 0.857. The predicted molar refractivity (Wildman–Crippen MR) is 42.8 cm³/mol. The van der Waals surface area contributed by atoms with Crippen molar-refractivity contribution in [2.24, 2.45) is 5.16 Å². The molecule has 0 N–H and O–H groups in total. The molecule has 0 saturated carbocycles. The Balaban J connectivity index is 2.50. The summed E-state index contributed by atoms with van der Waals surface area (Å²) in [6, 6.07) is 0. The van der Waals surface area contributed by atoms with Crippen LogP contribution < -0.4 is 0 Å². The van der Waals surface area contributed by atoms with Gasteiger partial charge in [0.25, 0.3) is 0 Å². The van der Waals surface area contributed by atoms with Crippen molar-refractivity contribution in [2.75, 3.05) is 11.0 Å². The lowest BCUT2D eigenvalue weighted by Gasteiger charge is -2.26. The second-order valence-electron chi connectivity index (χ2n) is 2.19. The van der Waals surface area contributed by atoms with Gasteiger partial charge in [0.15, 0.2) is 12.2 Å². The van der Waals surface area contributed by atoms with Crippen LogP contribution in [-0.2, 0) is 9.57 Å². The van der Waals surface area contributed by atoms with E-state index in [0.29, 0.717) is 6.61 Å². The Kier molecular flexibility index (Phi) is 2.15. The molecule has 0 bridgehead atoms. The quantitative estimate of drug-likeness (QED) is 0.509. The van der Waals surface area contributed by atoms with Gasteiger partial charge in [0, 0.05) is 4.43 Å². The van der Waals surface area contributed by atoms with Crippen molar-refractivity contribution >= 4 is 29.0 Å². The zero-order valence-electron chi connectivity index (χ0n) is 5.13. The zero-order valence-corrected chi connectivity index (χ0v) is 7.29. The van der Waals surface area contributed by atoms with Gasteiger partial charge in [0.05, 0.1) is 0 Å². The number of ether oxygens (including phenoxy) is 1. The first kappa shape index (κ1) is 7.11. The van der Waals surface area contributed by atoms with Crippen LogP contribution in [0.1, 0.15) is 6.92 Å². The highest BCUT2D eigenvalue weighted by atomic mass is 127. The summed E-state index contributed by atoms with van der Waals surface area (Å²) in [5, 5.41) is 3.47. The molecule has 0 aromatic carbocycles. The normalized spacial score (nSPS) is 33.1.